The van der Waals surface area contributed by atoms with E-state index in [9.17, 15) is 0 Å². The Morgan fingerprint density at radius 1 is 1.42 bits per heavy atom. The average molecular weight is 279 g/mol. The second-order valence-corrected chi connectivity index (χ2v) is 6.55. The van der Waals surface area contributed by atoms with E-state index in [0.717, 1.165) is 18.8 Å². The summed E-state index contributed by atoms with van der Waals surface area (Å²) in [5.74, 6) is 1.09. The van der Waals surface area contributed by atoms with Gasteiger partial charge in [0.05, 0.1) is 0 Å². The molecule has 1 saturated heterocycles. The third-order valence-electron chi connectivity index (χ3n) is 3.85. The number of anilines is 1. The van der Waals surface area contributed by atoms with E-state index in [1.54, 1.807) is 0 Å². The standard InChI is InChI=1S/C15H25N3S/c1-4-19-15-7-5-6-14(13(15)10-16)18-9-8-12(11-18)17(2)3/h5-7,12H,4,8-11,16H2,1-3H3. The van der Waals surface area contributed by atoms with Crippen LogP contribution in [0.1, 0.15) is 18.9 Å². The van der Waals surface area contributed by atoms with Crippen molar-refractivity contribution in [2.45, 2.75) is 30.8 Å². The number of hydrogen-bond acceptors (Lipinski definition) is 4. The van der Waals surface area contributed by atoms with Crippen molar-refractivity contribution in [1.82, 2.24) is 4.90 Å². The molecule has 0 aromatic heterocycles. The second-order valence-electron chi connectivity index (χ2n) is 5.24. The first-order chi connectivity index (χ1) is 9.17. The first-order valence-corrected chi connectivity index (χ1v) is 8.02. The average Bonchev–Trinajstić information content (AvgIpc) is 2.88. The van der Waals surface area contributed by atoms with Gasteiger partial charge >= 0.3 is 0 Å². The van der Waals surface area contributed by atoms with Crippen LogP contribution < -0.4 is 10.6 Å². The summed E-state index contributed by atoms with van der Waals surface area (Å²) in [5.41, 5.74) is 8.65. The van der Waals surface area contributed by atoms with Crippen LogP contribution in [0.2, 0.25) is 0 Å². The lowest BCUT2D eigenvalue weighted by Crippen LogP contribution is -2.31. The molecule has 1 atom stereocenters. The van der Waals surface area contributed by atoms with Gasteiger partial charge < -0.3 is 15.5 Å². The van der Waals surface area contributed by atoms with E-state index in [1.165, 1.54) is 22.6 Å². The Morgan fingerprint density at radius 3 is 2.79 bits per heavy atom. The molecular formula is C15H25N3S. The van der Waals surface area contributed by atoms with Gasteiger partial charge in [-0.25, -0.2) is 0 Å². The van der Waals surface area contributed by atoms with Gasteiger partial charge in [-0.15, -0.1) is 11.8 Å². The van der Waals surface area contributed by atoms with Gasteiger partial charge in [0.2, 0.25) is 0 Å². The SMILES string of the molecule is CCSc1cccc(N2CCC(N(C)C)C2)c1CN. The highest BCUT2D eigenvalue weighted by atomic mass is 32.2. The summed E-state index contributed by atoms with van der Waals surface area (Å²) in [6.07, 6.45) is 1.24. The Hall–Kier alpha value is -0.710. The quantitative estimate of drug-likeness (QED) is 0.839. The van der Waals surface area contributed by atoms with Crippen molar-refractivity contribution in [3.63, 3.8) is 0 Å². The van der Waals surface area contributed by atoms with Crippen LogP contribution in [0.5, 0.6) is 0 Å². The molecule has 2 N–H and O–H groups in total. The maximum absolute atomic E-state index is 5.99. The van der Waals surface area contributed by atoms with Gasteiger partial charge in [-0.2, -0.15) is 0 Å². The Morgan fingerprint density at radius 2 is 2.21 bits per heavy atom. The van der Waals surface area contributed by atoms with E-state index < -0.39 is 0 Å². The predicted molar refractivity (Wildman–Crippen MR) is 85.0 cm³/mol. The molecule has 1 fully saturated rings. The van der Waals surface area contributed by atoms with Crippen molar-refractivity contribution in [1.29, 1.82) is 0 Å². The van der Waals surface area contributed by atoms with Crippen molar-refractivity contribution < 1.29 is 0 Å². The number of nitrogens with two attached hydrogens (primary N) is 1. The van der Waals surface area contributed by atoms with Crippen molar-refractivity contribution >= 4 is 17.4 Å². The molecule has 1 aromatic carbocycles. The monoisotopic (exact) mass is 279 g/mol. The molecular weight excluding hydrogens is 254 g/mol. The van der Waals surface area contributed by atoms with E-state index in [2.05, 4.69) is 49.0 Å². The lowest BCUT2D eigenvalue weighted by atomic mass is 10.1. The zero-order valence-electron chi connectivity index (χ0n) is 12.2. The summed E-state index contributed by atoms with van der Waals surface area (Å²) in [6, 6.07) is 7.24. The smallest absolute Gasteiger partial charge is 0.0423 e. The Kier molecular flexibility index (Phi) is 5.13. The highest BCUT2D eigenvalue weighted by Crippen LogP contribution is 2.32. The molecule has 1 aliphatic rings. The van der Waals surface area contributed by atoms with Crippen LogP contribution in [0.3, 0.4) is 0 Å². The van der Waals surface area contributed by atoms with Crippen LogP contribution in [0.4, 0.5) is 5.69 Å². The summed E-state index contributed by atoms with van der Waals surface area (Å²) in [5, 5.41) is 0. The summed E-state index contributed by atoms with van der Waals surface area (Å²) in [6.45, 7) is 5.06. The van der Waals surface area contributed by atoms with Crippen molar-refractivity contribution in [3.05, 3.63) is 23.8 Å². The number of benzene rings is 1. The van der Waals surface area contributed by atoms with Crippen LogP contribution in [0.25, 0.3) is 0 Å². The Balaban J connectivity index is 2.23. The summed E-state index contributed by atoms with van der Waals surface area (Å²) >= 11 is 1.89. The maximum Gasteiger partial charge on any atom is 0.0423 e. The van der Waals surface area contributed by atoms with Gasteiger partial charge in [-0.05, 0) is 38.4 Å². The Labute approximate surface area is 121 Å². The number of rotatable bonds is 5. The third-order valence-corrected chi connectivity index (χ3v) is 4.83. The van der Waals surface area contributed by atoms with Crippen LogP contribution in [-0.2, 0) is 6.54 Å². The fraction of sp³-hybridized carbons (Fsp3) is 0.600. The molecule has 4 heteroatoms. The fourth-order valence-corrected chi connectivity index (χ4v) is 3.58. The molecule has 19 heavy (non-hydrogen) atoms. The molecule has 2 rings (SSSR count). The number of thioether (sulfide) groups is 1. The van der Waals surface area contributed by atoms with Gasteiger partial charge in [0.1, 0.15) is 0 Å². The normalized spacial score (nSPS) is 19.4. The molecule has 0 bridgehead atoms. The predicted octanol–water partition coefficient (Wildman–Crippen LogP) is 2.40. The van der Waals surface area contributed by atoms with Gasteiger partial charge in [0.25, 0.3) is 0 Å². The molecule has 1 aliphatic heterocycles. The molecule has 1 aromatic rings. The molecule has 106 valence electrons. The van der Waals surface area contributed by atoms with E-state index in [4.69, 9.17) is 5.73 Å². The zero-order chi connectivity index (χ0) is 13.8. The minimum Gasteiger partial charge on any atom is -0.370 e. The van der Waals surface area contributed by atoms with Crippen LogP contribution >= 0.6 is 11.8 Å². The lowest BCUT2D eigenvalue weighted by molar-refractivity contribution is 0.315. The highest BCUT2D eigenvalue weighted by Gasteiger charge is 2.25. The van der Waals surface area contributed by atoms with Crippen molar-refractivity contribution in [2.75, 3.05) is 37.8 Å². The van der Waals surface area contributed by atoms with Gasteiger partial charge in [0.15, 0.2) is 0 Å². The number of nitrogens with zero attached hydrogens (tertiary/aromatic N) is 2. The van der Waals surface area contributed by atoms with E-state index >= 15 is 0 Å². The first-order valence-electron chi connectivity index (χ1n) is 7.03. The second kappa shape index (κ2) is 6.64. The summed E-state index contributed by atoms with van der Waals surface area (Å²) in [7, 11) is 4.34. The lowest BCUT2D eigenvalue weighted by Gasteiger charge is -2.25. The van der Waals surface area contributed by atoms with Crippen molar-refractivity contribution in [3.8, 4) is 0 Å². The molecule has 3 nitrogen and oxygen atoms in total. The van der Waals surface area contributed by atoms with E-state index in [1.807, 2.05) is 11.8 Å². The number of hydrogen-bond donors (Lipinski definition) is 1. The maximum atomic E-state index is 5.99. The first kappa shape index (κ1) is 14.7. The molecule has 1 unspecified atom stereocenters. The van der Waals surface area contributed by atoms with Gasteiger partial charge in [-0.1, -0.05) is 13.0 Å². The molecule has 0 amide bonds. The zero-order valence-corrected chi connectivity index (χ0v) is 13.0. The topological polar surface area (TPSA) is 32.5 Å². The minimum absolute atomic E-state index is 0.627. The molecule has 0 aliphatic carbocycles. The van der Waals surface area contributed by atoms with Crippen LogP contribution in [0, 0.1) is 0 Å². The largest absolute Gasteiger partial charge is 0.370 e. The minimum atomic E-state index is 0.627. The fourth-order valence-electron chi connectivity index (χ4n) is 2.73. The highest BCUT2D eigenvalue weighted by molar-refractivity contribution is 7.99. The van der Waals surface area contributed by atoms with Crippen LogP contribution in [0.15, 0.2) is 23.1 Å². The van der Waals surface area contributed by atoms with E-state index in [-0.39, 0.29) is 0 Å². The number of likely N-dealkylation sites (N-methyl/N-ethyl adjacent to an activating group) is 1. The third kappa shape index (κ3) is 3.25. The molecule has 0 saturated carbocycles. The molecule has 1 heterocycles. The van der Waals surface area contributed by atoms with Gasteiger partial charge in [-0.3, -0.25) is 0 Å². The van der Waals surface area contributed by atoms with Gasteiger partial charge in [0, 0.05) is 41.8 Å². The van der Waals surface area contributed by atoms with Crippen molar-refractivity contribution in [2.24, 2.45) is 5.73 Å². The summed E-state index contributed by atoms with van der Waals surface area (Å²) in [4.78, 5) is 6.16. The molecule has 0 spiro atoms. The Bertz CT molecular complexity index is 420. The van der Waals surface area contributed by atoms with E-state index in [0.29, 0.717) is 12.6 Å². The van der Waals surface area contributed by atoms with Crippen LogP contribution in [-0.4, -0.2) is 43.9 Å². The summed E-state index contributed by atoms with van der Waals surface area (Å²) < 4.78 is 0. The molecule has 0 radical (unpaired) electrons.